The largest absolute Gasteiger partial charge is 0.490 e. The van der Waals surface area contributed by atoms with E-state index >= 15 is 0 Å². The lowest BCUT2D eigenvalue weighted by molar-refractivity contribution is -0.267. The maximum absolute atomic E-state index is 14.0. The number of likely N-dealkylation sites (tertiary alicyclic amines) is 1. The minimum Gasteiger partial charge on any atom is -0.490 e. The Morgan fingerprint density at radius 2 is 1.75 bits per heavy atom. The van der Waals surface area contributed by atoms with Crippen molar-refractivity contribution in [3.05, 3.63) is 58.1 Å². The molecule has 53 heavy (non-hydrogen) atoms. The molecule has 1 amide bonds. The van der Waals surface area contributed by atoms with E-state index in [-0.39, 0.29) is 34.7 Å². The molecule has 3 saturated heterocycles. The van der Waals surface area contributed by atoms with Crippen LogP contribution in [0.15, 0.2) is 36.4 Å². The molecule has 1 N–H and O–H groups in total. The number of hydrogen-bond acceptors (Lipinski definition) is 8. The lowest BCUT2D eigenvalue weighted by atomic mass is 9.64. The van der Waals surface area contributed by atoms with Crippen molar-refractivity contribution in [2.24, 2.45) is 29.1 Å². The van der Waals surface area contributed by atoms with E-state index in [9.17, 15) is 9.00 Å². The molecule has 2 bridgehead atoms. The number of carbonyl (C=O) groups excluding carboxylic acids is 1. The van der Waals surface area contributed by atoms with E-state index in [0.29, 0.717) is 48.7 Å². The van der Waals surface area contributed by atoms with E-state index in [4.69, 9.17) is 30.5 Å². The van der Waals surface area contributed by atoms with Crippen LogP contribution in [0.5, 0.6) is 5.75 Å². The third-order valence-corrected chi connectivity index (χ3v) is 16.7. The number of hydrogen-bond donors (Lipinski definition) is 1. The van der Waals surface area contributed by atoms with E-state index in [1.165, 1.54) is 11.1 Å². The van der Waals surface area contributed by atoms with Gasteiger partial charge in [-0.25, -0.2) is 4.21 Å². The van der Waals surface area contributed by atoms with E-state index in [2.05, 4.69) is 39.4 Å². The molecule has 2 spiro atoms. The fourth-order valence-corrected chi connectivity index (χ4v) is 12.4. The monoisotopic (exact) mass is 765 g/mol. The molecule has 1 saturated carbocycles. The second-order valence-corrected chi connectivity index (χ2v) is 20.6. The number of halogens is 1. The molecule has 11 heteroatoms. The molecule has 0 aromatic heterocycles. The lowest BCUT2D eigenvalue weighted by Crippen LogP contribution is -2.70. The summed E-state index contributed by atoms with van der Waals surface area (Å²) in [6.07, 6.45) is 8.05. The van der Waals surface area contributed by atoms with Crippen LogP contribution in [0.1, 0.15) is 80.3 Å². The summed E-state index contributed by atoms with van der Waals surface area (Å²) in [5, 5.41) is 0.493. The Morgan fingerprint density at radius 1 is 0.943 bits per heavy atom. The fraction of sp³-hybridized carbons (Fsp3) is 0.667. The molecular weight excluding hydrogens is 710 g/mol. The zero-order valence-corrected chi connectivity index (χ0v) is 32.9. The first-order valence-electron chi connectivity index (χ1n) is 20.1. The van der Waals surface area contributed by atoms with Gasteiger partial charge in [-0.15, -0.1) is 0 Å². The smallest absolute Gasteiger partial charge is 0.262 e. The molecule has 7 atom stereocenters. The fourth-order valence-electron chi connectivity index (χ4n) is 10.7. The molecule has 2 aliphatic carbocycles. The first kappa shape index (κ1) is 36.3. The third kappa shape index (κ3) is 6.71. The zero-order valence-electron chi connectivity index (χ0n) is 31.4. The van der Waals surface area contributed by atoms with Crippen molar-refractivity contribution in [2.75, 3.05) is 64.1 Å². The SMILES string of the molecule is C=S1(=O)NC(=O)c2ccc3c(c2)N(C[C@@H]2CC[C@H]2[C@H](C2OCC(N4CC5(COC5)C4)CO2)CCC[C@H](C)[C@H]1C)C[C@@]1(CCCc2cc(Cl)ccc21)CO3. The second-order valence-electron chi connectivity index (χ2n) is 17.8. The van der Waals surface area contributed by atoms with Gasteiger partial charge in [-0.2, -0.15) is 0 Å². The van der Waals surface area contributed by atoms with Crippen LogP contribution >= 0.6 is 11.6 Å². The molecule has 0 radical (unpaired) electrons. The standard InChI is InChI=1S/C42H56ClN3O6S/c1-27-6-4-8-35(40-50-19-33(20-51-40)46-21-41(22-46)24-49-25-41)34-12-9-31(34)18-45-23-42(15-5-7-29-16-32(43)11-13-36(29)42)26-52-38-14-10-30(17-37(38)45)39(47)44-53(3,48)28(27)2/h10-11,13-14,16-17,27-28,31,33-35,40H,3-9,12,15,18-26H2,1-2H3,(H,44,47,48)/t27-,28+,31-,33?,34+,35+,40?,42-,53?/m0/s1. The molecule has 1 unspecified atom stereocenters. The molecule has 288 valence electrons. The van der Waals surface area contributed by atoms with Gasteiger partial charge in [0.25, 0.3) is 5.91 Å². The van der Waals surface area contributed by atoms with Crippen molar-refractivity contribution in [1.82, 2.24) is 9.62 Å². The van der Waals surface area contributed by atoms with Crippen LogP contribution in [0.25, 0.3) is 0 Å². The molecule has 7 aliphatic rings. The van der Waals surface area contributed by atoms with Gasteiger partial charge in [-0.3, -0.25) is 14.4 Å². The molecule has 5 heterocycles. The molecule has 5 aliphatic heterocycles. The van der Waals surface area contributed by atoms with Crippen molar-refractivity contribution in [2.45, 2.75) is 88.2 Å². The van der Waals surface area contributed by atoms with Gasteiger partial charge in [0.15, 0.2) is 6.29 Å². The van der Waals surface area contributed by atoms with Crippen LogP contribution in [0.4, 0.5) is 5.69 Å². The number of nitrogens with zero attached hydrogens (tertiary/aromatic N) is 2. The van der Waals surface area contributed by atoms with E-state index < -0.39 is 9.71 Å². The summed E-state index contributed by atoms with van der Waals surface area (Å²) >= 11 is 6.51. The minimum atomic E-state index is -2.91. The summed E-state index contributed by atoms with van der Waals surface area (Å²) in [6.45, 7) is 11.7. The Kier molecular flexibility index (Phi) is 9.59. The van der Waals surface area contributed by atoms with Crippen LogP contribution in [-0.2, 0) is 35.8 Å². The minimum absolute atomic E-state index is 0.123. The van der Waals surface area contributed by atoms with Crippen molar-refractivity contribution in [1.29, 1.82) is 0 Å². The highest BCUT2D eigenvalue weighted by Crippen LogP contribution is 2.49. The van der Waals surface area contributed by atoms with Crippen molar-refractivity contribution < 1.29 is 28.0 Å². The summed E-state index contributed by atoms with van der Waals surface area (Å²) in [7, 11) is -2.91. The maximum atomic E-state index is 14.0. The Labute approximate surface area is 320 Å². The summed E-state index contributed by atoms with van der Waals surface area (Å²) in [4.78, 5) is 18.8. The van der Waals surface area contributed by atoms with Gasteiger partial charge in [-0.1, -0.05) is 31.0 Å². The number of amides is 1. The summed E-state index contributed by atoms with van der Waals surface area (Å²) in [5.41, 5.74) is 4.20. The molecule has 9 rings (SSSR count). The molecule has 2 aromatic rings. The predicted molar refractivity (Wildman–Crippen MR) is 209 cm³/mol. The molecule has 4 fully saturated rings. The number of ether oxygens (including phenoxy) is 4. The summed E-state index contributed by atoms with van der Waals surface area (Å²) < 4.78 is 42.5. The van der Waals surface area contributed by atoms with E-state index in [1.807, 2.05) is 25.1 Å². The van der Waals surface area contributed by atoms with Gasteiger partial charge in [0.05, 0.1) is 54.5 Å². The topological polar surface area (TPSA) is 89.6 Å². The number of benzene rings is 2. The summed E-state index contributed by atoms with van der Waals surface area (Å²) in [5.74, 6) is 5.83. The molecule has 9 nitrogen and oxygen atoms in total. The van der Waals surface area contributed by atoms with E-state index in [0.717, 1.165) is 107 Å². The maximum Gasteiger partial charge on any atom is 0.262 e. The average molecular weight is 766 g/mol. The van der Waals surface area contributed by atoms with Gasteiger partial charge in [0.1, 0.15) is 5.75 Å². The van der Waals surface area contributed by atoms with Gasteiger partial charge in [0, 0.05) is 58.8 Å². The second kappa shape index (κ2) is 14.0. The Balaban J connectivity index is 1.03. The van der Waals surface area contributed by atoms with E-state index in [1.54, 1.807) is 6.07 Å². The van der Waals surface area contributed by atoms with Crippen molar-refractivity contribution in [3.8, 4) is 5.75 Å². The lowest BCUT2D eigenvalue weighted by Gasteiger charge is -2.58. The van der Waals surface area contributed by atoms with Crippen LogP contribution in [-0.4, -0.2) is 97.7 Å². The normalized spacial score (nSPS) is 38.6. The van der Waals surface area contributed by atoms with Crippen LogP contribution in [0.2, 0.25) is 5.02 Å². The quantitative estimate of drug-likeness (QED) is 0.368. The number of carbonyl (C=O) groups is 1. The molecule has 2 aromatic carbocycles. The summed E-state index contributed by atoms with van der Waals surface area (Å²) in [6, 6.07) is 12.4. The average Bonchev–Trinajstić information content (AvgIpc) is 3.24. The van der Waals surface area contributed by atoms with Crippen LogP contribution in [0, 0.1) is 29.1 Å². The molecular formula is C42H56ClN3O6S. The number of nitrogens with one attached hydrogen (secondary N) is 1. The Bertz CT molecular complexity index is 1820. The first-order valence-corrected chi connectivity index (χ1v) is 22.2. The van der Waals surface area contributed by atoms with Crippen molar-refractivity contribution >= 4 is 38.8 Å². The van der Waals surface area contributed by atoms with Gasteiger partial charge < -0.3 is 23.8 Å². The number of anilines is 1. The van der Waals surface area contributed by atoms with Gasteiger partial charge in [-0.05, 0) is 117 Å². The highest BCUT2D eigenvalue weighted by Gasteiger charge is 2.52. The highest BCUT2D eigenvalue weighted by molar-refractivity contribution is 7.99. The number of fused-ring (bicyclic) bond motifs is 4. The van der Waals surface area contributed by atoms with Crippen molar-refractivity contribution in [3.63, 3.8) is 0 Å². The Hall–Kier alpha value is -2.34. The predicted octanol–water partition coefficient (Wildman–Crippen LogP) is 6.10. The van der Waals surface area contributed by atoms with Gasteiger partial charge >= 0.3 is 0 Å². The zero-order chi connectivity index (χ0) is 36.5. The number of aryl methyl sites for hydroxylation is 1. The van der Waals surface area contributed by atoms with Crippen LogP contribution < -0.4 is 14.4 Å². The third-order valence-electron chi connectivity index (χ3n) is 14.3. The number of rotatable bonds is 2. The Morgan fingerprint density at radius 3 is 2.49 bits per heavy atom. The van der Waals surface area contributed by atoms with Crippen LogP contribution in [0.3, 0.4) is 0 Å². The highest BCUT2D eigenvalue weighted by atomic mass is 35.5. The van der Waals surface area contributed by atoms with Gasteiger partial charge in [0.2, 0.25) is 0 Å². The first-order chi connectivity index (χ1) is 25.5.